The average molecular weight is 304 g/mol. The van der Waals surface area contributed by atoms with Crippen molar-refractivity contribution in [1.29, 1.82) is 0 Å². The minimum Gasteiger partial charge on any atom is -0.368 e. The van der Waals surface area contributed by atoms with E-state index in [1.54, 1.807) is 0 Å². The summed E-state index contributed by atoms with van der Waals surface area (Å²) in [4.78, 5) is 11.9. The van der Waals surface area contributed by atoms with Crippen molar-refractivity contribution >= 4 is 5.78 Å². The van der Waals surface area contributed by atoms with E-state index in [0.29, 0.717) is 6.42 Å². The number of unbranched alkanes of at least 4 members (excludes halogenated alkanes) is 4. The number of carbonyl (C=O) groups excluding carboxylic acids is 1. The molecule has 1 aliphatic carbocycles. The number of carbonyl (C=O) groups is 1. The number of ketones is 1. The second-order valence-electron chi connectivity index (χ2n) is 6.97. The van der Waals surface area contributed by atoms with Gasteiger partial charge in [-0.2, -0.15) is 0 Å². The molecule has 0 saturated heterocycles. The molecule has 0 aromatic heterocycles. The number of rotatable bonds is 9. The lowest BCUT2D eigenvalue weighted by atomic mass is 10.1. The second-order valence-corrected chi connectivity index (χ2v) is 6.97. The monoisotopic (exact) mass is 304 g/mol. The van der Waals surface area contributed by atoms with Crippen LogP contribution in [-0.4, -0.2) is 17.5 Å². The Labute approximate surface area is 136 Å². The van der Waals surface area contributed by atoms with E-state index in [9.17, 15) is 4.79 Å². The largest absolute Gasteiger partial charge is 0.368 e. The zero-order valence-electron chi connectivity index (χ0n) is 14.7. The molecule has 22 heavy (non-hydrogen) atoms. The maximum Gasteiger partial charge on any atom is 0.161 e. The van der Waals surface area contributed by atoms with E-state index in [1.807, 2.05) is 26.8 Å². The third kappa shape index (κ3) is 8.33. The fraction of sp³-hybridized carbons (Fsp3) is 0.650. The molecule has 0 aromatic rings. The molecule has 0 aliphatic heterocycles. The zero-order valence-corrected chi connectivity index (χ0v) is 14.7. The quantitative estimate of drug-likeness (QED) is 0.413. The summed E-state index contributed by atoms with van der Waals surface area (Å²) in [5.74, 6) is 0.241. The Balaban J connectivity index is 2.21. The standard InChI is InChI=1S/C20H32O2/c1-5-6-7-8-9-10-11-12-13-14-17-15-18(16-19(17)21)22-20(2,3)4/h5-6,12-13,15,18H,7-11,14,16H2,1-4H3/b6-5+,13-12-. The van der Waals surface area contributed by atoms with Crippen LogP contribution >= 0.6 is 0 Å². The Bertz CT molecular complexity index is 421. The third-order valence-electron chi connectivity index (χ3n) is 3.62. The van der Waals surface area contributed by atoms with Gasteiger partial charge < -0.3 is 4.74 Å². The molecule has 1 unspecified atom stereocenters. The fourth-order valence-electron chi connectivity index (χ4n) is 2.60. The molecule has 0 N–H and O–H groups in total. The summed E-state index contributed by atoms with van der Waals surface area (Å²) < 4.78 is 5.86. The molecule has 0 spiro atoms. The molecule has 0 radical (unpaired) electrons. The van der Waals surface area contributed by atoms with Gasteiger partial charge in [-0.25, -0.2) is 0 Å². The number of hydrogen-bond donors (Lipinski definition) is 0. The van der Waals surface area contributed by atoms with E-state index in [-0.39, 0.29) is 17.5 Å². The van der Waals surface area contributed by atoms with Crippen molar-refractivity contribution in [3.05, 3.63) is 36.0 Å². The molecular weight excluding hydrogens is 272 g/mol. The molecule has 0 aromatic carbocycles. The highest BCUT2D eigenvalue weighted by molar-refractivity contribution is 5.98. The van der Waals surface area contributed by atoms with Crippen LogP contribution in [0.2, 0.25) is 0 Å². The van der Waals surface area contributed by atoms with Gasteiger partial charge in [0.25, 0.3) is 0 Å². The molecule has 2 nitrogen and oxygen atoms in total. The highest BCUT2D eigenvalue weighted by Crippen LogP contribution is 2.24. The molecule has 0 fully saturated rings. The normalized spacial score (nSPS) is 19.5. The molecule has 1 atom stereocenters. The molecule has 1 aliphatic rings. The lowest BCUT2D eigenvalue weighted by Gasteiger charge is -2.23. The van der Waals surface area contributed by atoms with Gasteiger partial charge in [0, 0.05) is 6.42 Å². The van der Waals surface area contributed by atoms with Gasteiger partial charge >= 0.3 is 0 Å². The zero-order chi connectivity index (χ0) is 16.4. The second kappa shape index (κ2) is 9.78. The summed E-state index contributed by atoms with van der Waals surface area (Å²) in [6.07, 6.45) is 18.0. The topological polar surface area (TPSA) is 26.3 Å². The Hall–Kier alpha value is -1.15. The summed E-state index contributed by atoms with van der Waals surface area (Å²) in [5.41, 5.74) is 0.721. The molecule has 0 bridgehead atoms. The molecular formula is C20H32O2. The fourth-order valence-corrected chi connectivity index (χ4v) is 2.60. The minimum absolute atomic E-state index is 0.0393. The van der Waals surface area contributed by atoms with Gasteiger partial charge in [-0.05, 0) is 71.4 Å². The van der Waals surface area contributed by atoms with E-state index in [4.69, 9.17) is 4.74 Å². The van der Waals surface area contributed by atoms with Crippen LogP contribution < -0.4 is 0 Å². The highest BCUT2D eigenvalue weighted by atomic mass is 16.5. The van der Waals surface area contributed by atoms with E-state index in [1.165, 1.54) is 25.7 Å². The van der Waals surface area contributed by atoms with Crippen molar-refractivity contribution in [2.24, 2.45) is 0 Å². The first-order valence-electron chi connectivity index (χ1n) is 8.60. The summed E-state index contributed by atoms with van der Waals surface area (Å²) >= 11 is 0. The van der Waals surface area contributed by atoms with Crippen LogP contribution in [-0.2, 0) is 9.53 Å². The number of allylic oxidation sites excluding steroid dienone is 5. The van der Waals surface area contributed by atoms with Gasteiger partial charge in [-0.15, -0.1) is 0 Å². The van der Waals surface area contributed by atoms with Crippen LogP contribution in [0.4, 0.5) is 0 Å². The van der Waals surface area contributed by atoms with Crippen molar-refractivity contribution in [2.45, 2.75) is 84.3 Å². The third-order valence-corrected chi connectivity index (χ3v) is 3.62. The van der Waals surface area contributed by atoms with Gasteiger partial charge in [0.2, 0.25) is 0 Å². The molecule has 2 heteroatoms. The molecule has 124 valence electrons. The number of hydrogen-bond acceptors (Lipinski definition) is 2. The van der Waals surface area contributed by atoms with Crippen LogP contribution in [0, 0.1) is 0 Å². The first-order chi connectivity index (χ1) is 10.4. The van der Waals surface area contributed by atoms with Crippen LogP contribution in [0.25, 0.3) is 0 Å². The summed E-state index contributed by atoms with van der Waals surface area (Å²) in [7, 11) is 0. The van der Waals surface area contributed by atoms with Crippen LogP contribution in [0.15, 0.2) is 36.0 Å². The van der Waals surface area contributed by atoms with E-state index >= 15 is 0 Å². The molecule has 1 rings (SSSR count). The Kier molecular flexibility index (Phi) is 8.40. The van der Waals surface area contributed by atoms with Gasteiger partial charge in [0.1, 0.15) is 0 Å². The highest BCUT2D eigenvalue weighted by Gasteiger charge is 2.27. The summed E-state index contributed by atoms with van der Waals surface area (Å²) in [5, 5.41) is 0. The van der Waals surface area contributed by atoms with Gasteiger partial charge in [0.15, 0.2) is 5.78 Å². The van der Waals surface area contributed by atoms with Crippen molar-refractivity contribution in [3.63, 3.8) is 0 Å². The van der Waals surface area contributed by atoms with Crippen molar-refractivity contribution in [2.75, 3.05) is 0 Å². The van der Waals surface area contributed by atoms with Crippen molar-refractivity contribution in [3.8, 4) is 0 Å². The van der Waals surface area contributed by atoms with Gasteiger partial charge in [0.05, 0.1) is 11.7 Å². The summed E-state index contributed by atoms with van der Waals surface area (Å²) in [6.45, 7) is 8.15. The Morgan fingerprint density at radius 1 is 1.14 bits per heavy atom. The predicted octanol–water partition coefficient (Wildman–Crippen LogP) is 5.54. The molecule has 0 heterocycles. The van der Waals surface area contributed by atoms with Crippen LogP contribution in [0.1, 0.15) is 72.6 Å². The lowest BCUT2D eigenvalue weighted by molar-refractivity contribution is -0.118. The van der Waals surface area contributed by atoms with Gasteiger partial charge in [-0.1, -0.05) is 30.7 Å². The van der Waals surface area contributed by atoms with Crippen LogP contribution in [0.3, 0.4) is 0 Å². The van der Waals surface area contributed by atoms with Gasteiger partial charge in [-0.3, -0.25) is 4.79 Å². The predicted molar refractivity (Wildman–Crippen MR) is 94.0 cm³/mol. The smallest absolute Gasteiger partial charge is 0.161 e. The maximum absolute atomic E-state index is 11.9. The first kappa shape index (κ1) is 18.9. The van der Waals surface area contributed by atoms with E-state index in [2.05, 4.69) is 31.2 Å². The van der Waals surface area contributed by atoms with E-state index in [0.717, 1.165) is 18.4 Å². The Morgan fingerprint density at radius 3 is 2.45 bits per heavy atom. The van der Waals surface area contributed by atoms with E-state index < -0.39 is 0 Å². The average Bonchev–Trinajstić information content (AvgIpc) is 2.74. The van der Waals surface area contributed by atoms with Crippen molar-refractivity contribution < 1.29 is 9.53 Å². The minimum atomic E-state index is -0.195. The number of ether oxygens (including phenoxy) is 1. The SMILES string of the molecule is C/C=C/CCCCC/C=C\CC1=CC(OC(C)(C)C)CC1=O. The van der Waals surface area contributed by atoms with Crippen LogP contribution in [0.5, 0.6) is 0 Å². The first-order valence-corrected chi connectivity index (χ1v) is 8.60. The number of Topliss-reactive ketones (excluding diaryl/α,β-unsaturated/α-hetero) is 1. The van der Waals surface area contributed by atoms with Crippen molar-refractivity contribution in [1.82, 2.24) is 0 Å². The molecule has 0 amide bonds. The molecule has 0 saturated carbocycles. The lowest BCUT2D eigenvalue weighted by Crippen LogP contribution is -2.25. The summed E-state index contributed by atoms with van der Waals surface area (Å²) in [6, 6.07) is 0. The Morgan fingerprint density at radius 2 is 1.82 bits per heavy atom. The maximum atomic E-state index is 11.9.